The van der Waals surface area contributed by atoms with Gasteiger partial charge in [-0.25, -0.2) is 9.69 Å². The monoisotopic (exact) mass is 627 g/mol. The van der Waals surface area contributed by atoms with Gasteiger partial charge in [-0.15, -0.1) is 0 Å². The topological polar surface area (TPSA) is 61.2 Å². The van der Waals surface area contributed by atoms with Gasteiger partial charge in [0.2, 0.25) is 0 Å². The van der Waals surface area contributed by atoms with Gasteiger partial charge < -0.3 is 4.57 Å². The Bertz CT molecular complexity index is 2430. The first-order valence-corrected chi connectivity index (χ1v) is 15.9. The molecule has 0 atom stereocenters. The third-order valence-electron chi connectivity index (χ3n) is 8.99. The van der Waals surface area contributed by atoms with E-state index in [9.17, 15) is 10.5 Å². The molecule has 0 radical (unpaired) electrons. The maximum atomic E-state index is 9.66. The van der Waals surface area contributed by atoms with E-state index < -0.39 is 0 Å². The highest BCUT2D eigenvalue weighted by atomic mass is 15.0. The average molecular weight is 628 g/mol. The number of nitrogens with zero attached hydrogens (tertiary/aromatic N) is 5. The second kappa shape index (κ2) is 12.0. The molecule has 7 rings (SSSR count). The van der Waals surface area contributed by atoms with E-state index in [0.717, 1.165) is 60.9 Å². The lowest BCUT2D eigenvalue weighted by Crippen LogP contribution is -2.10. The van der Waals surface area contributed by atoms with Gasteiger partial charge in [0, 0.05) is 27.5 Å². The van der Waals surface area contributed by atoms with Crippen LogP contribution in [0.25, 0.3) is 70.6 Å². The van der Waals surface area contributed by atoms with Crippen LogP contribution < -0.4 is 0 Å². The standard InChI is InChI=1S/C44H29N5/c1-44(2,3)35-14-10-30(11-15-35)38-8-6-7-9-41(38)49-42-16-12-31(33-18-28(26-45)20-36(22-33)47-4)24-39(42)40-25-32(13-17-43(40)49)34-19-29(27-46)21-37(23-34)48-5/h6-25H,1-3H3. The molecule has 230 valence electrons. The number of benzene rings is 6. The van der Waals surface area contributed by atoms with Crippen LogP contribution >= 0.6 is 0 Å². The van der Waals surface area contributed by atoms with Gasteiger partial charge in [-0.3, -0.25) is 0 Å². The largest absolute Gasteiger partial charge is 0.309 e. The summed E-state index contributed by atoms with van der Waals surface area (Å²) >= 11 is 0. The van der Waals surface area contributed by atoms with Gasteiger partial charge >= 0.3 is 0 Å². The second-order valence-corrected chi connectivity index (χ2v) is 13.1. The van der Waals surface area contributed by atoms with Crippen molar-refractivity contribution >= 4 is 33.2 Å². The molecule has 1 aromatic heterocycles. The lowest BCUT2D eigenvalue weighted by molar-refractivity contribution is 0.590. The van der Waals surface area contributed by atoms with Crippen LogP contribution in [0, 0.1) is 35.8 Å². The first kappa shape index (κ1) is 30.7. The Labute approximate surface area is 285 Å². The van der Waals surface area contributed by atoms with Gasteiger partial charge in [-0.2, -0.15) is 10.5 Å². The third-order valence-corrected chi connectivity index (χ3v) is 8.99. The first-order chi connectivity index (χ1) is 23.7. The fraction of sp³-hybridized carbons (Fsp3) is 0.0909. The normalized spacial score (nSPS) is 11.1. The lowest BCUT2D eigenvalue weighted by Gasteiger charge is -2.20. The minimum Gasteiger partial charge on any atom is -0.309 e. The maximum Gasteiger partial charge on any atom is 0.189 e. The van der Waals surface area contributed by atoms with Crippen molar-refractivity contribution in [2.45, 2.75) is 26.2 Å². The number of nitriles is 2. The molecule has 0 saturated carbocycles. The van der Waals surface area contributed by atoms with Crippen LogP contribution in [-0.4, -0.2) is 4.57 Å². The van der Waals surface area contributed by atoms with E-state index in [-0.39, 0.29) is 5.41 Å². The summed E-state index contributed by atoms with van der Waals surface area (Å²) in [5, 5.41) is 21.3. The van der Waals surface area contributed by atoms with Crippen LogP contribution in [0.3, 0.4) is 0 Å². The zero-order valence-electron chi connectivity index (χ0n) is 27.3. The Balaban J connectivity index is 1.51. The van der Waals surface area contributed by atoms with E-state index in [1.807, 2.05) is 36.4 Å². The quantitative estimate of drug-likeness (QED) is 0.182. The van der Waals surface area contributed by atoms with E-state index in [1.165, 1.54) is 5.56 Å². The zero-order valence-corrected chi connectivity index (χ0v) is 27.3. The third kappa shape index (κ3) is 5.58. The molecular weight excluding hydrogens is 599 g/mol. The molecule has 0 spiro atoms. The summed E-state index contributed by atoms with van der Waals surface area (Å²) in [6, 6.07) is 44.6. The summed E-state index contributed by atoms with van der Waals surface area (Å²) in [6.45, 7) is 21.8. The van der Waals surface area contributed by atoms with Crippen LogP contribution in [0.15, 0.2) is 121 Å². The van der Waals surface area contributed by atoms with Crippen LogP contribution in [0.5, 0.6) is 0 Å². The highest BCUT2D eigenvalue weighted by Gasteiger charge is 2.19. The molecule has 1 heterocycles. The Morgan fingerprint density at radius 1 is 0.551 bits per heavy atom. The molecule has 0 fully saturated rings. The molecule has 0 aliphatic heterocycles. The van der Waals surface area contributed by atoms with E-state index in [0.29, 0.717) is 22.5 Å². The number of fused-ring (bicyclic) bond motifs is 3. The average Bonchev–Trinajstić information content (AvgIpc) is 3.46. The molecule has 7 aromatic rings. The predicted molar refractivity (Wildman–Crippen MR) is 198 cm³/mol. The first-order valence-electron chi connectivity index (χ1n) is 15.9. The van der Waals surface area contributed by atoms with Gasteiger partial charge in [0.15, 0.2) is 11.4 Å². The van der Waals surface area contributed by atoms with Crippen molar-refractivity contribution in [3.63, 3.8) is 0 Å². The van der Waals surface area contributed by atoms with Crippen LogP contribution in [0.2, 0.25) is 0 Å². The number of hydrogen-bond donors (Lipinski definition) is 0. The van der Waals surface area contributed by atoms with Crippen molar-refractivity contribution in [3.05, 3.63) is 161 Å². The number of aromatic nitrogens is 1. The maximum absolute atomic E-state index is 9.66. The highest BCUT2D eigenvalue weighted by molar-refractivity contribution is 6.12. The van der Waals surface area contributed by atoms with Crippen molar-refractivity contribution in [2.24, 2.45) is 0 Å². The van der Waals surface area contributed by atoms with Gasteiger partial charge in [0.05, 0.1) is 42.0 Å². The molecule has 5 heteroatoms. The van der Waals surface area contributed by atoms with Gasteiger partial charge in [-0.1, -0.05) is 75.4 Å². The van der Waals surface area contributed by atoms with E-state index in [2.05, 4.69) is 120 Å². The van der Waals surface area contributed by atoms with Gasteiger partial charge in [0.1, 0.15) is 0 Å². The van der Waals surface area contributed by atoms with E-state index in [1.54, 1.807) is 12.1 Å². The molecule has 0 N–H and O–H groups in total. The molecule has 0 unspecified atom stereocenters. The fourth-order valence-corrected chi connectivity index (χ4v) is 6.52. The van der Waals surface area contributed by atoms with Crippen molar-refractivity contribution in [2.75, 3.05) is 0 Å². The summed E-state index contributed by atoms with van der Waals surface area (Å²) in [6.07, 6.45) is 0. The molecular formula is C44H29N5. The lowest BCUT2D eigenvalue weighted by atomic mass is 9.86. The predicted octanol–water partition coefficient (Wildman–Crippen LogP) is 11.9. The minimum atomic E-state index is 0.0465. The van der Waals surface area contributed by atoms with Crippen molar-refractivity contribution in [1.29, 1.82) is 10.5 Å². The highest BCUT2D eigenvalue weighted by Crippen LogP contribution is 2.40. The van der Waals surface area contributed by atoms with Crippen LogP contribution in [0.1, 0.15) is 37.5 Å². The molecule has 6 aromatic carbocycles. The number of rotatable bonds is 4. The van der Waals surface area contributed by atoms with E-state index in [4.69, 9.17) is 13.1 Å². The molecule has 0 bridgehead atoms. The van der Waals surface area contributed by atoms with Crippen LogP contribution in [0.4, 0.5) is 11.4 Å². The Kier molecular flexibility index (Phi) is 7.54. The summed E-state index contributed by atoms with van der Waals surface area (Å²) in [7, 11) is 0. The molecule has 0 amide bonds. The van der Waals surface area contributed by atoms with Crippen molar-refractivity contribution < 1.29 is 0 Å². The second-order valence-electron chi connectivity index (χ2n) is 13.1. The summed E-state index contributed by atoms with van der Waals surface area (Å²) in [4.78, 5) is 7.21. The smallest absolute Gasteiger partial charge is 0.189 e. The minimum absolute atomic E-state index is 0.0465. The van der Waals surface area contributed by atoms with E-state index >= 15 is 0 Å². The van der Waals surface area contributed by atoms with Crippen molar-refractivity contribution in [1.82, 2.24) is 4.57 Å². The molecule has 0 aliphatic carbocycles. The summed E-state index contributed by atoms with van der Waals surface area (Å²) in [5.74, 6) is 0. The molecule has 0 aliphatic rings. The molecule has 5 nitrogen and oxygen atoms in total. The molecule has 49 heavy (non-hydrogen) atoms. The zero-order chi connectivity index (χ0) is 34.3. The Hall–Kier alpha value is -6.92. The summed E-state index contributed by atoms with van der Waals surface area (Å²) < 4.78 is 2.29. The van der Waals surface area contributed by atoms with Gasteiger partial charge in [-0.05, 0) is 106 Å². The Morgan fingerprint density at radius 3 is 1.51 bits per heavy atom. The van der Waals surface area contributed by atoms with Crippen molar-refractivity contribution in [3.8, 4) is 51.2 Å². The Morgan fingerprint density at radius 2 is 1.04 bits per heavy atom. The summed E-state index contributed by atoms with van der Waals surface area (Å²) in [5.41, 5.74) is 11.7. The number of hydrogen-bond acceptors (Lipinski definition) is 2. The fourth-order valence-electron chi connectivity index (χ4n) is 6.52. The van der Waals surface area contributed by atoms with Crippen LogP contribution in [-0.2, 0) is 5.41 Å². The van der Waals surface area contributed by atoms with Gasteiger partial charge in [0.25, 0.3) is 0 Å². The number of para-hydroxylation sites is 1. The molecule has 0 saturated heterocycles. The SMILES string of the molecule is [C-]#[N+]c1cc(C#N)cc(-c2ccc3c(c2)c2cc(-c4cc(C#N)cc([N+]#[C-])c4)ccc2n3-c2ccccc2-c2ccc(C(C)(C)C)cc2)c1.